The first-order valence-electron chi connectivity index (χ1n) is 8.54. The monoisotopic (exact) mass is 350 g/mol. The molecule has 9 nitrogen and oxygen atoms in total. The van der Waals surface area contributed by atoms with Crippen LogP contribution in [0.1, 0.15) is 0 Å². The molecule has 1 aromatic carbocycles. The van der Waals surface area contributed by atoms with Gasteiger partial charge in [-0.1, -0.05) is 0 Å². The predicted octanol–water partition coefficient (Wildman–Crippen LogP) is -0.382. The minimum absolute atomic E-state index is 0.00713. The normalized spacial score (nSPS) is 17.9. The molecule has 1 fully saturated rings. The van der Waals surface area contributed by atoms with Gasteiger partial charge in [0.15, 0.2) is 0 Å². The summed E-state index contributed by atoms with van der Waals surface area (Å²) in [4.78, 5) is 24.5. The standard InChI is InChI=1S/C16H26N6O3/c23-16(20-14-1-3-15(4-2-14)22(24)25)13-21-11-9-18-7-5-17-6-8-19-10-12-21/h1-4,17-19H,5-13H2,(H,20,23). The van der Waals surface area contributed by atoms with Gasteiger partial charge in [-0.05, 0) is 12.1 Å². The van der Waals surface area contributed by atoms with Crippen molar-refractivity contribution >= 4 is 17.3 Å². The number of nitrogens with one attached hydrogen (secondary N) is 4. The first-order chi connectivity index (χ1) is 12.1. The van der Waals surface area contributed by atoms with Crippen LogP contribution in [0.15, 0.2) is 24.3 Å². The molecule has 1 aliphatic heterocycles. The summed E-state index contributed by atoms with van der Waals surface area (Å²) in [6.07, 6.45) is 0. The molecular formula is C16H26N6O3. The third-order valence-electron chi connectivity index (χ3n) is 3.90. The van der Waals surface area contributed by atoms with Gasteiger partial charge >= 0.3 is 0 Å². The van der Waals surface area contributed by atoms with E-state index in [0.29, 0.717) is 12.2 Å². The van der Waals surface area contributed by atoms with Gasteiger partial charge in [0.2, 0.25) is 5.91 Å². The second kappa shape index (κ2) is 10.7. The highest BCUT2D eigenvalue weighted by Gasteiger charge is 2.12. The fraction of sp³-hybridized carbons (Fsp3) is 0.562. The van der Waals surface area contributed by atoms with E-state index >= 15 is 0 Å². The van der Waals surface area contributed by atoms with E-state index in [-0.39, 0.29) is 11.6 Å². The molecule has 0 bridgehead atoms. The van der Waals surface area contributed by atoms with Crippen LogP contribution in [0.3, 0.4) is 0 Å². The van der Waals surface area contributed by atoms with Crippen LogP contribution < -0.4 is 21.3 Å². The first-order valence-corrected chi connectivity index (χ1v) is 8.54. The van der Waals surface area contributed by atoms with Gasteiger partial charge in [-0.15, -0.1) is 0 Å². The van der Waals surface area contributed by atoms with Crippen molar-refractivity contribution in [3.05, 3.63) is 34.4 Å². The van der Waals surface area contributed by atoms with Crippen molar-refractivity contribution in [3.63, 3.8) is 0 Å². The molecule has 138 valence electrons. The van der Waals surface area contributed by atoms with Crippen LogP contribution in [0.4, 0.5) is 11.4 Å². The Hall–Kier alpha value is -2.07. The summed E-state index contributed by atoms with van der Waals surface area (Å²) >= 11 is 0. The van der Waals surface area contributed by atoms with Crippen LogP contribution in [0.25, 0.3) is 0 Å². The molecule has 9 heteroatoms. The van der Waals surface area contributed by atoms with Crippen LogP contribution >= 0.6 is 0 Å². The van der Waals surface area contributed by atoms with Crippen LogP contribution in [-0.4, -0.2) is 74.6 Å². The summed E-state index contributed by atoms with van der Waals surface area (Å²) < 4.78 is 0. The number of nitro groups is 1. The van der Waals surface area contributed by atoms with Crippen LogP contribution in [-0.2, 0) is 4.79 Å². The number of nitrogens with zero attached hydrogens (tertiary/aromatic N) is 2. The number of amides is 1. The van der Waals surface area contributed by atoms with Crippen molar-refractivity contribution in [1.82, 2.24) is 20.9 Å². The third kappa shape index (κ3) is 7.57. The van der Waals surface area contributed by atoms with Gasteiger partial charge in [0.05, 0.1) is 11.5 Å². The fourth-order valence-electron chi connectivity index (χ4n) is 2.54. The Kier molecular flexibility index (Phi) is 8.26. The number of non-ortho nitro benzene ring substituents is 1. The van der Waals surface area contributed by atoms with E-state index in [4.69, 9.17) is 0 Å². The lowest BCUT2D eigenvalue weighted by atomic mass is 10.3. The molecule has 0 atom stereocenters. The zero-order valence-electron chi connectivity index (χ0n) is 14.3. The highest BCUT2D eigenvalue weighted by atomic mass is 16.6. The molecule has 0 unspecified atom stereocenters. The lowest BCUT2D eigenvalue weighted by Crippen LogP contribution is -2.44. The topological polar surface area (TPSA) is 112 Å². The molecule has 1 heterocycles. The minimum Gasteiger partial charge on any atom is -0.325 e. The molecular weight excluding hydrogens is 324 g/mol. The molecule has 0 radical (unpaired) electrons. The van der Waals surface area contributed by atoms with Crippen molar-refractivity contribution in [2.45, 2.75) is 0 Å². The molecule has 0 saturated carbocycles. The van der Waals surface area contributed by atoms with Gasteiger partial charge in [0.1, 0.15) is 0 Å². The van der Waals surface area contributed by atoms with Gasteiger partial charge in [0, 0.05) is 70.2 Å². The number of rotatable bonds is 4. The summed E-state index contributed by atoms with van der Waals surface area (Å²) in [5.41, 5.74) is 0.569. The highest BCUT2D eigenvalue weighted by Crippen LogP contribution is 2.15. The van der Waals surface area contributed by atoms with E-state index in [1.54, 1.807) is 12.1 Å². The Morgan fingerprint density at radius 3 is 2.04 bits per heavy atom. The Bertz CT molecular complexity index is 539. The summed E-state index contributed by atoms with van der Waals surface area (Å²) in [5.74, 6) is -0.123. The zero-order chi connectivity index (χ0) is 17.9. The van der Waals surface area contributed by atoms with Gasteiger partial charge in [-0.2, -0.15) is 0 Å². The van der Waals surface area contributed by atoms with Crippen LogP contribution in [0.5, 0.6) is 0 Å². The average molecular weight is 350 g/mol. The summed E-state index contributed by atoms with van der Waals surface area (Å²) in [6, 6.07) is 5.85. The molecule has 1 saturated heterocycles. The van der Waals surface area contributed by atoms with Gasteiger partial charge < -0.3 is 21.3 Å². The number of carbonyl (C=O) groups excluding carboxylic acids is 1. The van der Waals surface area contributed by atoms with Gasteiger partial charge in [-0.25, -0.2) is 0 Å². The molecule has 4 N–H and O–H groups in total. The van der Waals surface area contributed by atoms with Crippen molar-refractivity contribution in [1.29, 1.82) is 0 Å². The molecule has 2 rings (SSSR count). The number of anilines is 1. The molecule has 1 aromatic rings. The molecule has 0 aliphatic carbocycles. The van der Waals surface area contributed by atoms with E-state index < -0.39 is 4.92 Å². The van der Waals surface area contributed by atoms with Crippen molar-refractivity contribution in [2.75, 3.05) is 64.2 Å². The lowest BCUT2D eigenvalue weighted by molar-refractivity contribution is -0.384. The molecule has 0 spiro atoms. The van der Waals surface area contributed by atoms with Crippen molar-refractivity contribution in [2.24, 2.45) is 0 Å². The minimum atomic E-state index is -0.461. The Labute approximate surface area is 147 Å². The summed E-state index contributed by atoms with van der Waals surface area (Å²) in [7, 11) is 0. The van der Waals surface area contributed by atoms with Gasteiger partial charge in [0.25, 0.3) is 5.69 Å². The second-order valence-corrected chi connectivity index (χ2v) is 5.88. The Balaban J connectivity index is 1.82. The summed E-state index contributed by atoms with van der Waals surface area (Å²) in [6.45, 7) is 7.19. The lowest BCUT2D eigenvalue weighted by Gasteiger charge is -2.23. The number of hydrogen-bond acceptors (Lipinski definition) is 7. The summed E-state index contributed by atoms with van der Waals surface area (Å²) in [5, 5.41) is 23.5. The second-order valence-electron chi connectivity index (χ2n) is 5.88. The number of carbonyl (C=O) groups is 1. The van der Waals surface area contributed by atoms with E-state index in [2.05, 4.69) is 26.2 Å². The zero-order valence-corrected chi connectivity index (χ0v) is 14.3. The fourth-order valence-corrected chi connectivity index (χ4v) is 2.54. The largest absolute Gasteiger partial charge is 0.325 e. The number of benzene rings is 1. The van der Waals surface area contributed by atoms with Crippen molar-refractivity contribution < 1.29 is 9.72 Å². The van der Waals surface area contributed by atoms with Crippen LogP contribution in [0.2, 0.25) is 0 Å². The van der Waals surface area contributed by atoms with Crippen LogP contribution in [0, 0.1) is 10.1 Å². The Morgan fingerprint density at radius 2 is 1.52 bits per heavy atom. The maximum Gasteiger partial charge on any atom is 0.269 e. The highest BCUT2D eigenvalue weighted by molar-refractivity contribution is 5.92. The predicted molar refractivity (Wildman–Crippen MR) is 96.8 cm³/mol. The molecule has 25 heavy (non-hydrogen) atoms. The molecule has 0 aromatic heterocycles. The Morgan fingerprint density at radius 1 is 1.00 bits per heavy atom. The smallest absolute Gasteiger partial charge is 0.269 e. The number of hydrogen-bond donors (Lipinski definition) is 4. The van der Waals surface area contributed by atoms with E-state index in [0.717, 1.165) is 52.4 Å². The maximum atomic E-state index is 12.2. The number of nitro benzene ring substituents is 1. The van der Waals surface area contributed by atoms with Crippen molar-refractivity contribution in [3.8, 4) is 0 Å². The van der Waals surface area contributed by atoms with E-state index in [1.807, 2.05) is 0 Å². The maximum absolute atomic E-state index is 12.2. The van der Waals surface area contributed by atoms with Gasteiger partial charge in [-0.3, -0.25) is 19.8 Å². The van der Waals surface area contributed by atoms with E-state index in [9.17, 15) is 14.9 Å². The average Bonchev–Trinajstić information content (AvgIpc) is 2.57. The SMILES string of the molecule is O=C(CN1CCNCCNCCNCC1)Nc1ccc([N+](=O)[O-])cc1. The third-order valence-corrected chi connectivity index (χ3v) is 3.90. The quantitative estimate of drug-likeness (QED) is 0.432. The molecule has 1 amide bonds. The molecule has 1 aliphatic rings. The van der Waals surface area contributed by atoms with E-state index in [1.165, 1.54) is 12.1 Å². The first kappa shape index (κ1) is 19.3.